The fourth-order valence-corrected chi connectivity index (χ4v) is 3.87. The average Bonchev–Trinajstić information content (AvgIpc) is 2.56. The summed E-state index contributed by atoms with van der Waals surface area (Å²) in [6.45, 7) is 0.0501. The molecule has 2 aliphatic rings. The highest BCUT2D eigenvalue weighted by molar-refractivity contribution is 7.91. The Morgan fingerprint density at radius 2 is 1.93 bits per heavy atom. The highest BCUT2D eigenvalue weighted by Gasteiger charge is 2.43. The van der Waals surface area contributed by atoms with Crippen LogP contribution in [0.3, 0.4) is 0 Å². The lowest BCUT2D eigenvalue weighted by atomic mass is 9.93. The van der Waals surface area contributed by atoms with Gasteiger partial charge in [0.2, 0.25) is 0 Å². The topological polar surface area (TPSA) is 63.6 Å². The molecule has 2 rings (SSSR count). The molecule has 0 aromatic carbocycles. The van der Waals surface area contributed by atoms with E-state index in [1.807, 2.05) is 0 Å². The molecule has 0 amide bonds. The summed E-state index contributed by atoms with van der Waals surface area (Å²) in [6, 6.07) is 0. The van der Waals surface area contributed by atoms with Crippen molar-refractivity contribution in [3.8, 4) is 0 Å². The van der Waals surface area contributed by atoms with Gasteiger partial charge in [-0.25, -0.2) is 8.42 Å². The molecular formula is C9H16O4S. The molecule has 14 heavy (non-hydrogen) atoms. The molecule has 1 N–H and O–H groups in total. The predicted octanol–water partition coefficient (Wildman–Crippen LogP) is 0.105. The van der Waals surface area contributed by atoms with Gasteiger partial charge in [-0.2, -0.15) is 0 Å². The van der Waals surface area contributed by atoms with E-state index in [-0.39, 0.29) is 29.8 Å². The first-order valence-corrected chi connectivity index (χ1v) is 6.87. The van der Waals surface area contributed by atoms with Crippen molar-refractivity contribution in [1.82, 2.24) is 0 Å². The molecule has 2 aliphatic heterocycles. The highest BCUT2D eigenvalue weighted by Crippen LogP contribution is 2.39. The minimum absolute atomic E-state index is 0.0501. The Labute approximate surface area is 84.2 Å². The van der Waals surface area contributed by atoms with Crippen LogP contribution in [0.1, 0.15) is 25.7 Å². The van der Waals surface area contributed by atoms with Crippen LogP contribution in [-0.2, 0) is 14.6 Å². The van der Waals surface area contributed by atoms with Crippen molar-refractivity contribution in [1.29, 1.82) is 0 Å². The fraction of sp³-hybridized carbons (Fsp3) is 1.00. The number of ether oxygens (including phenoxy) is 1. The minimum atomic E-state index is -2.81. The quantitative estimate of drug-likeness (QED) is 0.681. The molecule has 2 fully saturated rings. The Morgan fingerprint density at radius 3 is 2.43 bits per heavy atom. The molecule has 2 heterocycles. The third-order valence-corrected chi connectivity index (χ3v) is 4.93. The molecule has 82 valence electrons. The lowest BCUT2D eigenvalue weighted by molar-refractivity contribution is -0.0639. The lowest BCUT2D eigenvalue weighted by Gasteiger charge is -2.32. The SMILES string of the molecule is O=S1(=O)CCC2(CC[C@H](CO)O2)CC1. The summed E-state index contributed by atoms with van der Waals surface area (Å²) < 4.78 is 28.2. The van der Waals surface area contributed by atoms with E-state index >= 15 is 0 Å². The summed E-state index contributed by atoms with van der Waals surface area (Å²) in [5.74, 6) is 0.482. The van der Waals surface area contributed by atoms with Gasteiger partial charge in [-0.15, -0.1) is 0 Å². The van der Waals surface area contributed by atoms with Gasteiger partial charge in [0.05, 0.1) is 29.8 Å². The maximum absolute atomic E-state index is 11.2. The van der Waals surface area contributed by atoms with Crippen LogP contribution in [0.4, 0.5) is 0 Å². The van der Waals surface area contributed by atoms with Gasteiger partial charge in [-0.05, 0) is 25.7 Å². The molecule has 4 nitrogen and oxygen atoms in total. The number of aliphatic hydroxyl groups is 1. The molecule has 1 spiro atoms. The zero-order valence-corrected chi connectivity index (χ0v) is 8.92. The average molecular weight is 220 g/mol. The Balaban J connectivity index is 2.01. The number of rotatable bonds is 1. The van der Waals surface area contributed by atoms with Crippen molar-refractivity contribution in [2.45, 2.75) is 37.4 Å². The smallest absolute Gasteiger partial charge is 0.150 e. The van der Waals surface area contributed by atoms with E-state index in [4.69, 9.17) is 9.84 Å². The van der Waals surface area contributed by atoms with E-state index in [0.717, 1.165) is 12.8 Å². The van der Waals surface area contributed by atoms with Gasteiger partial charge < -0.3 is 9.84 Å². The maximum Gasteiger partial charge on any atom is 0.150 e. The molecule has 0 aromatic rings. The molecule has 0 radical (unpaired) electrons. The second kappa shape index (κ2) is 3.47. The van der Waals surface area contributed by atoms with E-state index in [2.05, 4.69) is 0 Å². The van der Waals surface area contributed by atoms with Crippen molar-refractivity contribution in [3.63, 3.8) is 0 Å². The first-order chi connectivity index (χ1) is 6.55. The number of sulfone groups is 1. The molecule has 0 aromatic heterocycles. The lowest BCUT2D eigenvalue weighted by Crippen LogP contribution is -2.39. The van der Waals surface area contributed by atoms with Gasteiger partial charge in [-0.1, -0.05) is 0 Å². The van der Waals surface area contributed by atoms with Crippen molar-refractivity contribution in [3.05, 3.63) is 0 Å². The number of hydrogen-bond donors (Lipinski definition) is 1. The molecule has 1 atom stereocenters. The van der Waals surface area contributed by atoms with Crippen LogP contribution in [0.5, 0.6) is 0 Å². The summed E-state index contributed by atoms with van der Waals surface area (Å²) in [5.41, 5.74) is -0.237. The second-order valence-electron chi connectivity index (χ2n) is 4.30. The zero-order chi connectivity index (χ0) is 10.2. The second-order valence-corrected chi connectivity index (χ2v) is 6.60. The van der Waals surface area contributed by atoms with E-state index in [0.29, 0.717) is 12.8 Å². The molecule has 0 unspecified atom stereocenters. The molecule has 2 saturated heterocycles. The van der Waals surface area contributed by atoms with Crippen molar-refractivity contribution >= 4 is 9.84 Å². The first kappa shape index (κ1) is 10.4. The van der Waals surface area contributed by atoms with Crippen LogP contribution < -0.4 is 0 Å². The van der Waals surface area contributed by atoms with E-state index in [1.165, 1.54) is 0 Å². The van der Waals surface area contributed by atoms with Gasteiger partial charge in [0.25, 0.3) is 0 Å². The Hall–Kier alpha value is -0.130. The van der Waals surface area contributed by atoms with Crippen LogP contribution in [-0.4, -0.2) is 43.3 Å². The van der Waals surface area contributed by atoms with E-state index < -0.39 is 9.84 Å². The van der Waals surface area contributed by atoms with Crippen molar-refractivity contribution < 1.29 is 18.3 Å². The molecule has 5 heteroatoms. The van der Waals surface area contributed by atoms with Crippen molar-refractivity contribution in [2.24, 2.45) is 0 Å². The van der Waals surface area contributed by atoms with Gasteiger partial charge in [0.1, 0.15) is 0 Å². The maximum atomic E-state index is 11.2. The van der Waals surface area contributed by atoms with Crippen LogP contribution in [0.2, 0.25) is 0 Å². The number of aliphatic hydroxyl groups excluding tert-OH is 1. The summed E-state index contributed by atoms with van der Waals surface area (Å²) in [4.78, 5) is 0. The van der Waals surface area contributed by atoms with Gasteiger partial charge >= 0.3 is 0 Å². The Kier molecular flexibility index (Phi) is 2.57. The summed E-state index contributed by atoms with van der Waals surface area (Å²) in [5, 5.41) is 8.94. The third kappa shape index (κ3) is 1.94. The van der Waals surface area contributed by atoms with Crippen LogP contribution in [0, 0.1) is 0 Å². The standard InChI is InChI=1S/C9H16O4S/c10-7-8-1-2-9(13-8)3-5-14(11,12)6-4-9/h8,10H,1-7H2/t8-/m1/s1. The van der Waals surface area contributed by atoms with Crippen molar-refractivity contribution in [2.75, 3.05) is 18.1 Å². The van der Waals surface area contributed by atoms with Crippen LogP contribution in [0.15, 0.2) is 0 Å². The van der Waals surface area contributed by atoms with Gasteiger partial charge in [-0.3, -0.25) is 0 Å². The fourth-order valence-electron chi connectivity index (χ4n) is 2.30. The third-order valence-electron chi connectivity index (χ3n) is 3.28. The predicted molar refractivity (Wildman–Crippen MR) is 51.8 cm³/mol. The monoisotopic (exact) mass is 220 g/mol. The number of hydrogen-bond acceptors (Lipinski definition) is 4. The molecular weight excluding hydrogens is 204 g/mol. The Morgan fingerprint density at radius 1 is 1.29 bits per heavy atom. The molecule has 0 saturated carbocycles. The zero-order valence-electron chi connectivity index (χ0n) is 8.11. The highest BCUT2D eigenvalue weighted by atomic mass is 32.2. The van der Waals surface area contributed by atoms with Gasteiger partial charge in [0.15, 0.2) is 9.84 Å². The summed E-state index contributed by atoms with van der Waals surface area (Å²) >= 11 is 0. The molecule has 0 bridgehead atoms. The minimum Gasteiger partial charge on any atom is -0.394 e. The van der Waals surface area contributed by atoms with E-state index in [1.54, 1.807) is 0 Å². The van der Waals surface area contributed by atoms with Crippen LogP contribution in [0.25, 0.3) is 0 Å². The Bertz CT molecular complexity index is 295. The first-order valence-electron chi connectivity index (χ1n) is 5.04. The largest absolute Gasteiger partial charge is 0.394 e. The molecule has 0 aliphatic carbocycles. The summed E-state index contributed by atoms with van der Waals surface area (Å²) in [7, 11) is -2.81. The normalized spacial score (nSPS) is 34.8. The van der Waals surface area contributed by atoms with Crippen LogP contribution >= 0.6 is 0 Å². The van der Waals surface area contributed by atoms with Gasteiger partial charge in [0, 0.05) is 0 Å². The van der Waals surface area contributed by atoms with E-state index in [9.17, 15) is 8.42 Å². The summed E-state index contributed by atoms with van der Waals surface area (Å²) in [6.07, 6.45) is 2.89.